The molecule has 3 heterocycles. The molecule has 3 aliphatic rings. The van der Waals surface area contributed by atoms with E-state index in [0.29, 0.717) is 0 Å². The van der Waals surface area contributed by atoms with E-state index in [9.17, 15) is 51.1 Å². The first-order valence-electron chi connectivity index (χ1n) is 10.00. The summed E-state index contributed by atoms with van der Waals surface area (Å²) >= 11 is 0. The van der Waals surface area contributed by atoms with Gasteiger partial charge in [-0.15, -0.1) is 0 Å². The predicted octanol–water partition coefficient (Wildman–Crippen LogP) is -6.93. The summed E-state index contributed by atoms with van der Waals surface area (Å²) in [7, 11) is 0. The maximum Gasteiger partial charge on any atom is 0.187 e. The topological polar surface area (TPSA) is 248 Å². The lowest BCUT2D eigenvalue weighted by molar-refractivity contribution is -0.371. The molecule has 15 heteroatoms. The molecule has 10 N–H and O–H groups in total. The Kier molecular flexibility index (Phi) is 8.75. The summed E-state index contributed by atoms with van der Waals surface area (Å²) in [5, 5.41) is 98.8. The van der Waals surface area contributed by atoms with Crippen molar-refractivity contribution >= 4 is 0 Å². The number of aliphatic hydroxyl groups excluding tert-OH is 10. The lowest BCUT2D eigenvalue weighted by Crippen LogP contribution is -2.65. The highest BCUT2D eigenvalue weighted by Crippen LogP contribution is 2.30. The number of hydrogen-bond acceptors (Lipinski definition) is 15. The Bertz CT molecular complexity index is 592. The first kappa shape index (κ1) is 26.0. The summed E-state index contributed by atoms with van der Waals surface area (Å²) in [6.07, 6.45) is -22.5. The zero-order valence-corrected chi connectivity index (χ0v) is 16.7. The predicted molar refractivity (Wildman–Crippen MR) is 95.2 cm³/mol. The van der Waals surface area contributed by atoms with Gasteiger partial charge in [0.05, 0.1) is 19.8 Å². The van der Waals surface area contributed by atoms with Gasteiger partial charge in [-0.2, -0.15) is 0 Å². The molecule has 0 amide bonds. The van der Waals surface area contributed by atoms with Crippen molar-refractivity contribution in [2.75, 3.05) is 19.8 Å². The lowest BCUT2D eigenvalue weighted by Gasteiger charge is -2.47. The zero-order chi connectivity index (χ0) is 23.7. The average Bonchev–Trinajstić information content (AvgIpc) is 2.78. The monoisotopic (exact) mass is 474 g/mol. The fraction of sp³-hybridized carbons (Fsp3) is 1.00. The van der Waals surface area contributed by atoms with E-state index in [4.69, 9.17) is 23.7 Å². The van der Waals surface area contributed by atoms with Gasteiger partial charge in [0.1, 0.15) is 67.1 Å². The summed E-state index contributed by atoms with van der Waals surface area (Å²) < 4.78 is 26.2. The van der Waals surface area contributed by atoms with Crippen LogP contribution in [0.5, 0.6) is 0 Å². The Morgan fingerprint density at radius 3 is 1.78 bits per heavy atom. The Morgan fingerprint density at radius 1 is 0.594 bits per heavy atom. The van der Waals surface area contributed by atoms with Crippen LogP contribution in [0.15, 0.2) is 0 Å². The largest absolute Gasteiger partial charge is 0.394 e. The highest BCUT2D eigenvalue weighted by atomic mass is 16.7. The van der Waals surface area contributed by atoms with Crippen molar-refractivity contribution in [3.63, 3.8) is 0 Å². The van der Waals surface area contributed by atoms with Gasteiger partial charge in [0.15, 0.2) is 18.9 Å². The maximum atomic E-state index is 10.5. The first-order chi connectivity index (χ1) is 15.1. The van der Waals surface area contributed by atoms with Crippen LogP contribution in [0.3, 0.4) is 0 Å². The van der Waals surface area contributed by atoms with Gasteiger partial charge >= 0.3 is 0 Å². The summed E-state index contributed by atoms with van der Waals surface area (Å²) in [5.41, 5.74) is 0. The third kappa shape index (κ3) is 5.07. The quantitative estimate of drug-likeness (QED) is 0.172. The van der Waals surface area contributed by atoms with Crippen molar-refractivity contribution in [2.24, 2.45) is 0 Å². The van der Waals surface area contributed by atoms with Crippen molar-refractivity contribution in [2.45, 2.75) is 86.0 Å². The number of hydrogen-bond donors (Lipinski definition) is 10. The Labute approximate surface area is 181 Å². The minimum absolute atomic E-state index is 0.378. The lowest BCUT2D eigenvalue weighted by atomic mass is 9.97. The third-order valence-corrected chi connectivity index (χ3v) is 5.72. The Morgan fingerprint density at radius 2 is 1.16 bits per heavy atom. The smallest absolute Gasteiger partial charge is 0.187 e. The third-order valence-electron chi connectivity index (χ3n) is 5.72. The molecule has 3 aliphatic heterocycles. The van der Waals surface area contributed by atoms with Crippen LogP contribution < -0.4 is 0 Å². The molecule has 3 saturated heterocycles. The molecule has 0 aliphatic carbocycles. The van der Waals surface area contributed by atoms with Gasteiger partial charge in [-0.3, -0.25) is 0 Å². The molecule has 0 aromatic carbocycles. The van der Waals surface area contributed by atoms with Gasteiger partial charge in [-0.25, -0.2) is 0 Å². The molecule has 3 unspecified atom stereocenters. The van der Waals surface area contributed by atoms with Gasteiger partial charge in [0, 0.05) is 0 Å². The summed E-state index contributed by atoms with van der Waals surface area (Å²) in [6.45, 7) is -1.86. The normalized spacial score (nSPS) is 52.7. The van der Waals surface area contributed by atoms with Crippen LogP contribution in [-0.4, -0.2) is 157 Å². The molecular weight excluding hydrogens is 444 g/mol. The molecule has 0 aromatic heterocycles. The average molecular weight is 474 g/mol. The van der Waals surface area contributed by atoms with E-state index in [0.717, 1.165) is 0 Å². The fourth-order valence-corrected chi connectivity index (χ4v) is 3.74. The number of aliphatic hydroxyl groups is 10. The maximum absolute atomic E-state index is 10.5. The fourth-order valence-electron chi connectivity index (χ4n) is 3.74. The highest BCUT2D eigenvalue weighted by Gasteiger charge is 2.52. The highest BCUT2D eigenvalue weighted by molar-refractivity contribution is 4.95. The molecule has 14 atom stereocenters. The molecule has 0 bridgehead atoms. The zero-order valence-electron chi connectivity index (χ0n) is 16.7. The minimum Gasteiger partial charge on any atom is -0.394 e. The second-order valence-electron chi connectivity index (χ2n) is 7.88. The van der Waals surface area contributed by atoms with Gasteiger partial charge in [0.2, 0.25) is 0 Å². The summed E-state index contributed by atoms with van der Waals surface area (Å²) in [6, 6.07) is 0. The minimum atomic E-state index is -1.82. The molecule has 3 rings (SSSR count). The van der Waals surface area contributed by atoms with Crippen LogP contribution in [-0.2, 0) is 23.7 Å². The van der Waals surface area contributed by atoms with E-state index in [2.05, 4.69) is 0 Å². The standard InChI is InChI=1S/C17H30O15/c18-1-4-7(20)9(22)12(25)17(29-4)32-14-5(2-19)30-16(13(26)10(14)23)31-6-3-28-15(27)11(24)8(6)21/h4-27H,1-3H2/t4-,5-,6-,7-,8+,9+,10-,11-,12-,13-,14-,15?,16?,17?/m1/s1. The van der Waals surface area contributed by atoms with E-state index in [1.807, 2.05) is 0 Å². The van der Waals surface area contributed by atoms with Crippen LogP contribution in [0.4, 0.5) is 0 Å². The molecule has 0 radical (unpaired) electrons. The second kappa shape index (κ2) is 10.8. The second-order valence-corrected chi connectivity index (χ2v) is 7.88. The van der Waals surface area contributed by atoms with Crippen molar-refractivity contribution in [3.8, 4) is 0 Å². The van der Waals surface area contributed by atoms with E-state index in [1.165, 1.54) is 0 Å². The summed E-state index contributed by atoms with van der Waals surface area (Å²) in [4.78, 5) is 0. The van der Waals surface area contributed by atoms with Crippen molar-refractivity contribution in [3.05, 3.63) is 0 Å². The summed E-state index contributed by atoms with van der Waals surface area (Å²) in [5.74, 6) is 0. The molecule has 188 valence electrons. The molecule has 32 heavy (non-hydrogen) atoms. The van der Waals surface area contributed by atoms with Gasteiger partial charge in [0.25, 0.3) is 0 Å². The van der Waals surface area contributed by atoms with Crippen molar-refractivity contribution < 1.29 is 74.7 Å². The van der Waals surface area contributed by atoms with Crippen LogP contribution >= 0.6 is 0 Å². The van der Waals surface area contributed by atoms with Crippen molar-refractivity contribution in [1.82, 2.24) is 0 Å². The van der Waals surface area contributed by atoms with E-state index in [-0.39, 0.29) is 6.61 Å². The van der Waals surface area contributed by atoms with Crippen molar-refractivity contribution in [1.29, 1.82) is 0 Å². The molecule has 0 spiro atoms. The van der Waals surface area contributed by atoms with E-state index in [1.54, 1.807) is 0 Å². The van der Waals surface area contributed by atoms with Crippen LogP contribution in [0.1, 0.15) is 0 Å². The first-order valence-corrected chi connectivity index (χ1v) is 10.00. The SMILES string of the molecule is OC[C@H]1OC(O[C@H]2[C@H](O)[C@@H](O)C(O[C@@H]3COC(O)[C@H](O)[C@H]3O)O[C@@H]2CO)[C@H](O)[C@@H](O)[C@@H]1O. The van der Waals surface area contributed by atoms with Crippen LogP contribution in [0.25, 0.3) is 0 Å². The van der Waals surface area contributed by atoms with E-state index >= 15 is 0 Å². The molecule has 3 fully saturated rings. The van der Waals surface area contributed by atoms with E-state index < -0.39 is 99.2 Å². The molecule has 15 nitrogen and oxygen atoms in total. The van der Waals surface area contributed by atoms with Gasteiger partial charge < -0.3 is 74.7 Å². The molecule has 0 saturated carbocycles. The number of ether oxygens (including phenoxy) is 5. The van der Waals surface area contributed by atoms with Gasteiger partial charge in [-0.1, -0.05) is 0 Å². The van der Waals surface area contributed by atoms with Crippen LogP contribution in [0.2, 0.25) is 0 Å². The number of rotatable bonds is 6. The molecule has 0 aromatic rings. The Hall–Kier alpha value is -0.600. The van der Waals surface area contributed by atoms with Gasteiger partial charge in [-0.05, 0) is 0 Å². The molecular formula is C17H30O15. The van der Waals surface area contributed by atoms with Crippen LogP contribution in [0, 0.1) is 0 Å². The Balaban J connectivity index is 1.67.